The number of ether oxygens (including phenoxy) is 1. The summed E-state index contributed by atoms with van der Waals surface area (Å²) in [5, 5.41) is 4.59. The molecule has 2 fully saturated rings. The number of fused-ring (bicyclic) bond motifs is 1. The maximum atomic E-state index is 12.6. The number of halogens is 1. The van der Waals surface area contributed by atoms with Crippen LogP contribution < -0.4 is 15.0 Å². The zero-order chi connectivity index (χ0) is 25.8. The summed E-state index contributed by atoms with van der Waals surface area (Å²) < 4.78 is 5.48. The quantitative estimate of drug-likeness (QED) is 0.414. The van der Waals surface area contributed by atoms with Gasteiger partial charge in [-0.15, -0.1) is 0 Å². The molecule has 1 aromatic heterocycles. The summed E-state index contributed by atoms with van der Waals surface area (Å²) in [6, 6.07) is 12.2. The second-order valence-corrected chi connectivity index (χ2v) is 10.4. The van der Waals surface area contributed by atoms with Gasteiger partial charge in [0.2, 0.25) is 11.9 Å². The third-order valence-corrected chi connectivity index (χ3v) is 7.87. The first-order valence-corrected chi connectivity index (χ1v) is 13.9. The zero-order valence-corrected chi connectivity index (χ0v) is 22.6. The van der Waals surface area contributed by atoms with Gasteiger partial charge in [-0.25, -0.2) is 9.97 Å². The second kappa shape index (κ2) is 11.7. The summed E-state index contributed by atoms with van der Waals surface area (Å²) >= 11 is 6.37. The summed E-state index contributed by atoms with van der Waals surface area (Å²) in [6.45, 7) is 9.05. The summed E-state index contributed by atoms with van der Waals surface area (Å²) in [7, 11) is 0. The minimum Gasteiger partial charge on any atom is -0.494 e. The molecule has 37 heavy (non-hydrogen) atoms. The Morgan fingerprint density at radius 3 is 2.59 bits per heavy atom. The molecule has 0 radical (unpaired) electrons. The Kier molecular flexibility index (Phi) is 8.11. The lowest BCUT2D eigenvalue weighted by Crippen LogP contribution is -2.44. The molecule has 0 unspecified atom stereocenters. The van der Waals surface area contributed by atoms with Gasteiger partial charge in [0.25, 0.3) is 0 Å². The average molecular weight is 522 g/mol. The fourth-order valence-corrected chi connectivity index (χ4v) is 5.75. The first-order valence-electron chi connectivity index (χ1n) is 13.5. The van der Waals surface area contributed by atoms with Gasteiger partial charge in [0.1, 0.15) is 5.75 Å². The van der Waals surface area contributed by atoms with Gasteiger partial charge in [-0.2, -0.15) is 0 Å². The smallest absolute Gasteiger partial charge is 0.226 e. The summed E-state index contributed by atoms with van der Waals surface area (Å²) in [4.78, 5) is 27.3. The van der Waals surface area contributed by atoms with Crippen molar-refractivity contribution < 1.29 is 9.53 Å². The van der Waals surface area contributed by atoms with Gasteiger partial charge in [-0.1, -0.05) is 17.7 Å². The number of aromatic nitrogens is 2. The van der Waals surface area contributed by atoms with Crippen LogP contribution >= 0.6 is 11.6 Å². The molecule has 0 spiro atoms. The van der Waals surface area contributed by atoms with Gasteiger partial charge < -0.3 is 19.9 Å². The van der Waals surface area contributed by atoms with E-state index in [2.05, 4.69) is 15.1 Å². The highest BCUT2D eigenvalue weighted by atomic mass is 35.5. The number of likely N-dealkylation sites (tertiary alicyclic amines) is 1. The van der Waals surface area contributed by atoms with Crippen LogP contribution in [-0.2, 0) is 11.2 Å². The Hall–Kier alpha value is -2.90. The number of rotatable bonds is 8. The molecule has 2 aliphatic rings. The number of piperidine rings is 1. The van der Waals surface area contributed by atoms with Crippen LogP contribution in [-0.4, -0.2) is 59.6 Å². The van der Waals surface area contributed by atoms with Crippen LogP contribution in [0.1, 0.15) is 50.3 Å². The van der Waals surface area contributed by atoms with Crippen molar-refractivity contribution in [3.8, 4) is 5.75 Å². The van der Waals surface area contributed by atoms with Gasteiger partial charge in [0, 0.05) is 41.6 Å². The fourth-order valence-electron chi connectivity index (χ4n) is 5.48. The van der Waals surface area contributed by atoms with E-state index < -0.39 is 0 Å². The van der Waals surface area contributed by atoms with E-state index in [1.54, 1.807) is 6.07 Å². The van der Waals surface area contributed by atoms with Crippen LogP contribution in [0.2, 0.25) is 5.02 Å². The minimum absolute atomic E-state index is 0.0552. The van der Waals surface area contributed by atoms with E-state index in [0.717, 1.165) is 52.6 Å². The van der Waals surface area contributed by atoms with Gasteiger partial charge in [-0.3, -0.25) is 4.79 Å². The number of hydrogen-bond acceptors (Lipinski definition) is 6. The maximum absolute atomic E-state index is 12.6. The lowest BCUT2D eigenvalue weighted by molar-refractivity contribution is -0.116. The predicted molar refractivity (Wildman–Crippen MR) is 150 cm³/mol. The summed E-state index contributed by atoms with van der Waals surface area (Å²) in [6.07, 6.45) is 5.93. The molecule has 2 saturated heterocycles. The van der Waals surface area contributed by atoms with E-state index in [4.69, 9.17) is 26.3 Å². The van der Waals surface area contributed by atoms with Crippen LogP contribution in [0.15, 0.2) is 36.4 Å². The minimum atomic E-state index is -0.0552. The Bertz CT molecular complexity index is 1250. The number of anilines is 2. The van der Waals surface area contributed by atoms with E-state index >= 15 is 0 Å². The second-order valence-electron chi connectivity index (χ2n) is 10.0. The number of nitrogens with zero attached hydrogens (tertiary/aromatic N) is 4. The van der Waals surface area contributed by atoms with Gasteiger partial charge in [-0.05, 0) is 94.9 Å². The number of benzene rings is 2. The maximum Gasteiger partial charge on any atom is 0.226 e. The topological polar surface area (TPSA) is 70.6 Å². The number of carbonyl (C=O) groups is 1. The highest BCUT2D eigenvalue weighted by Gasteiger charge is 2.27. The summed E-state index contributed by atoms with van der Waals surface area (Å²) in [5.41, 5.74) is 3.52. The molecule has 1 N–H and O–H groups in total. The van der Waals surface area contributed by atoms with Crippen molar-refractivity contribution in [1.82, 2.24) is 14.9 Å². The lowest BCUT2D eigenvalue weighted by atomic mass is 10.0. The first kappa shape index (κ1) is 25.7. The number of aryl methyl sites for hydroxylation is 2. The molecule has 0 saturated carbocycles. The third-order valence-electron chi connectivity index (χ3n) is 7.52. The Balaban J connectivity index is 1.19. The standard InChI is InChI=1S/C29H36ClN5O2/c1-3-37-24-9-6-21(26(30)19-24)7-11-28(36)32-22-8-10-27-25(18-22)20(2)31-29(33-27)35-16-12-23(13-17-35)34-14-4-5-15-34/h6,8-10,18-19,23H,3-5,7,11-17H2,1-2H3,(H,32,36). The predicted octanol–water partition coefficient (Wildman–Crippen LogP) is 5.63. The van der Waals surface area contributed by atoms with Gasteiger partial charge in [0.15, 0.2) is 0 Å². The van der Waals surface area contributed by atoms with Gasteiger partial charge in [0.05, 0.1) is 17.8 Å². The van der Waals surface area contributed by atoms with Crippen LogP contribution in [0.3, 0.4) is 0 Å². The van der Waals surface area contributed by atoms with E-state index in [-0.39, 0.29) is 5.91 Å². The molecule has 196 valence electrons. The zero-order valence-electron chi connectivity index (χ0n) is 21.8. The molecule has 2 aromatic carbocycles. The van der Waals surface area contributed by atoms with Crippen molar-refractivity contribution in [2.45, 2.75) is 58.4 Å². The molecule has 0 aliphatic carbocycles. The third kappa shape index (κ3) is 6.16. The monoisotopic (exact) mass is 521 g/mol. The average Bonchev–Trinajstić information content (AvgIpc) is 3.44. The first-order chi connectivity index (χ1) is 18.0. The van der Waals surface area contributed by atoms with Crippen LogP contribution in [0.5, 0.6) is 5.75 Å². The molecule has 3 heterocycles. The highest BCUT2D eigenvalue weighted by molar-refractivity contribution is 6.31. The molecule has 7 nitrogen and oxygen atoms in total. The van der Waals surface area contributed by atoms with Gasteiger partial charge >= 0.3 is 0 Å². The molecule has 2 aliphatic heterocycles. The van der Waals surface area contributed by atoms with Crippen molar-refractivity contribution in [2.75, 3.05) is 43.0 Å². The molecule has 0 atom stereocenters. The van der Waals surface area contributed by atoms with Crippen molar-refractivity contribution >= 4 is 40.0 Å². The Morgan fingerprint density at radius 1 is 1.08 bits per heavy atom. The molecule has 5 rings (SSSR count). The number of nitrogens with one attached hydrogen (secondary N) is 1. The SMILES string of the molecule is CCOc1ccc(CCC(=O)Nc2ccc3nc(N4CCC(N5CCCC5)CC4)nc(C)c3c2)c(Cl)c1. The fraction of sp³-hybridized carbons (Fsp3) is 0.483. The summed E-state index contributed by atoms with van der Waals surface area (Å²) in [5.74, 6) is 1.50. The van der Waals surface area contributed by atoms with E-state index in [9.17, 15) is 4.79 Å². The molecular weight excluding hydrogens is 486 g/mol. The molecule has 8 heteroatoms. The van der Waals surface area contributed by atoms with E-state index in [1.165, 1.54) is 38.8 Å². The molecular formula is C29H36ClN5O2. The number of carbonyl (C=O) groups excluding carboxylic acids is 1. The number of amides is 1. The highest BCUT2D eigenvalue weighted by Crippen LogP contribution is 2.27. The molecule has 0 bridgehead atoms. The Morgan fingerprint density at radius 2 is 1.86 bits per heavy atom. The largest absolute Gasteiger partial charge is 0.494 e. The molecule has 1 amide bonds. The van der Waals surface area contributed by atoms with Crippen LogP contribution in [0.4, 0.5) is 11.6 Å². The van der Waals surface area contributed by atoms with Crippen LogP contribution in [0.25, 0.3) is 10.9 Å². The van der Waals surface area contributed by atoms with Crippen molar-refractivity contribution in [2.24, 2.45) is 0 Å². The number of hydrogen-bond donors (Lipinski definition) is 1. The Labute approximate surface area is 224 Å². The van der Waals surface area contributed by atoms with Crippen molar-refractivity contribution in [3.63, 3.8) is 0 Å². The van der Waals surface area contributed by atoms with E-state index in [0.29, 0.717) is 30.5 Å². The van der Waals surface area contributed by atoms with Crippen LogP contribution in [0, 0.1) is 6.92 Å². The normalized spacial score (nSPS) is 16.9. The van der Waals surface area contributed by atoms with E-state index in [1.807, 2.05) is 44.2 Å². The van der Waals surface area contributed by atoms with Crippen molar-refractivity contribution in [3.05, 3.63) is 52.7 Å². The molecule has 3 aromatic rings. The lowest BCUT2D eigenvalue weighted by Gasteiger charge is -2.36. The van der Waals surface area contributed by atoms with Crippen molar-refractivity contribution in [1.29, 1.82) is 0 Å².